The summed E-state index contributed by atoms with van der Waals surface area (Å²) in [5.41, 5.74) is 7.65. The number of rotatable bonds is 13. The minimum atomic E-state index is -0.901. The highest BCUT2D eigenvalue weighted by Gasteiger charge is 2.43. The van der Waals surface area contributed by atoms with Gasteiger partial charge in [0, 0.05) is 35.3 Å². The zero-order chi connectivity index (χ0) is 47.1. The number of benzene rings is 2. The summed E-state index contributed by atoms with van der Waals surface area (Å²) in [5, 5.41) is 17.5. The molecule has 9 rings (SSSR count). The van der Waals surface area contributed by atoms with E-state index in [0.29, 0.717) is 36.2 Å². The number of aromatic amines is 2. The van der Waals surface area contributed by atoms with Crippen LogP contribution in [0.1, 0.15) is 108 Å². The SMILES string of the molecule is COC(=O)NC(C(=O)N1CCCC1Cc1nc2ccc(-c3sc(-c4ccc(-c5cnc(C6CCCN6C(O)C(NC(=O)OC)C(C)C)[nH]5)cc4)c4c3CC3(CCCC3)C4)cc2c(=O)[nH]1)C(C)C. The smallest absolute Gasteiger partial charge is 0.407 e. The fourth-order valence-corrected chi connectivity index (χ4v) is 12.7. The van der Waals surface area contributed by atoms with Gasteiger partial charge in [-0.25, -0.2) is 19.6 Å². The molecule has 16 heteroatoms. The molecule has 2 aromatic carbocycles. The van der Waals surface area contributed by atoms with Crippen molar-refractivity contribution in [1.29, 1.82) is 0 Å². The van der Waals surface area contributed by atoms with Crippen LogP contribution in [0.4, 0.5) is 9.59 Å². The van der Waals surface area contributed by atoms with E-state index in [2.05, 4.69) is 50.9 Å². The fraction of sp³-hybridized carbons (Fsp3) is 0.529. The van der Waals surface area contributed by atoms with Gasteiger partial charge < -0.3 is 40.1 Å². The standard InChI is InChI=1S/C51H64N8O7S/c1-28(2)41(56-49(63)65-5)47(61)58-21-9-11-33(58)24-40-53-37-18-17-32(23-34(37)46(60)55-40)44-36-26-51(19-7-8-20-51)25-35(36)43(67-44)31-15-13-30(14-16-31)38-27-52-45(54-38)39-12-10-22-59(39)48(62)42(29(3)4)57-50(64)66-6/h13-18,23,27-29,33,39,41-42,48,62H,7-12,19-22,24-26H2,1-6H3,(H,52,54)(H,56,63)(H,57,64)(H,53,55,60). The Kier molecular flexibility index (Phi) is 13.3. The number of aliphatic hydroxyl groups excluding tert-OH is 1. The lowest BCUT2D eigenvalue weighted by atomic mass is 9.83. The van der Waals surface area contributed by atoms with Crippen molar-refractivity contribution in [1.82, 2.24) is 40.4 Å². The summed E-state index contributed by atoms with van der Waals surface area (Å²) >= 11 is 1.81. The highest BCUT2D eigenvalue weighted by Crippen LogP contribution is 2.56. The van der Waals surface area contributed by atoms with Crippen LogP contribution < -0.4 is 16.2 Å². The molecule has 5 unspecified atom stereocenters. The number of hydrogen-bond acceptors (Lipinski definition) is 11. The topological polar surface area (TPSA) is 195 Å². The number of amides is 3. The molecule has 3 amide bonds. The van der Waals surface area contributed by atoms with E-state index in [1.165, 1.54) is 66.3 Å². The van der Waals surface area contributed by atoms with Gasteiger partial charge in [-0.1, -0.05) is 70.9 Å². The molecular formula is C51H64N8O7S. The molecule has 3 aromatic heterocycles. The van der Waals surface area contributed by atoms with Gasteiger partial charge in [0.15, 0.2) is 0 Å². The van der Waals surface area contributed by atoms with E-state index in [4.69, 9.17) is 19.4 Å². The van der Waals surface area contributed by atoms with E-state index in [9.17, 15) is 24.3 Å². The molecule has 0 bridgehead atoms. The summed E-state index contributed by atoms with van der Waals surface area (Å²) in [4.78, 5) is 74.4. The second-order valence-corrected chi connectivity index (χ2v) is 20.9. The van der Waals surface area contributed by atoms with Gasteiger partial charge >= 0.3 is 12.2 Å². The number of alkyl carbamates (subject to hydrolysis) is 2. The van der Waals surface area contributed by atoms with Crippen molar-refractivity contribution in [2.24, 2.45) is 17.3 Å². The molecule has 2 aliphatic carbocycles. The Hall–Kier alpha value is -5.58. The van der Waals surface area contributed by atoms with Crippen molar-refractivity contribution in [2.75, 3.05) is 27.3 Å². The van der Waals surface area contributed by atoms with Crippen LogP contribution in [0.15, 0.2) is 53.5 Å². The summed E-state index contributed by atoms with van der Waals surface area (Å²) in [6.45, 7) is 9.00. The quantitative estimate of drug-likeness (QED) is 0.0770. The first-order valence-corrected chi connectivity index (χ1v) is 24.8. The maximum absolute atomic E-state index is 13.9. The summed E-state index contributed by atoms with van der Waals surface area (Å²) in [6, 6.07) is 13.3. The van der Waals surface area contributed by atoms with Gasteiger partial charge in [0.2, 0.25) is 5.91 Å². The Balaban J connectivity index is 0.955. The summed E-state index contributed by atoms with van der Waals surface area (Å²) in [7, 11) is 2.61. The third-order valence-electron chi connectivity index (χ3n) is 14.9. The molecule has 1 spiro atoms. The van der Waals surface area contributed by atoms with E-state index >= 15 is 0 Å². The number of hydrogen-bond donors (Lipinski definition) is 5. The molecule has 67 heavy (non-hydrogen) atoms. The Morgan fingerprint density at radius 2 is 1.51 bits per heavy atom. The monoisotopic (exact) mass is 932 g/mol. The van der Waals surface area contributed by atoms with Crippen LogP contribution in [-0.4, -0.2) is 105 Å². The van der Waals surface area contributed by atoms with Crippen molar-refractivity contribution in [3.8, 4) is 32.1 Å². The number of aliphatic hydroxyl groups is 1. The molecular weight excluding hydrogens is 869 g/mol. The number of aromatic nitrogens is 4. The van der Waals surface area contributed by atoms with Gasteiger partial charge in [0.05, 0.1) is 49.1 Å². The van der Waals surface area contributed by atoms with Gasteiger partial charge in [0.1, 0.15) is 23.9 Å². The first-order valence-electron chi connectivity index (χ1n) is 24.0. The minimum absolute atomic E-state index is 0.0154. The molecule has 1 saturated carbocycles. The predicted molar refractivity (Wildman–Crippen MR) is 258 cm³/mol. The largest absolute Gasteiger partial charge is 0.453 e. The average molecular weight is 933 g/mol. The molecule has 5 N–H and O–H groups in total. The number of ether oxygens (including phenoxy) is 2. The lowest BCUT2D eigenvalue weighted by molar-refractivity contribution is -0.135. The summed E-state index contributed by atoms with van der Waals surface area (Å²) < 4.78 is 9.63. The van der Waals surface area contributed by atoms with E-state index in [0.717, 1.165) is 61.2 Å². The lowest BCUT2D eigenvalue weighted by Gasteiger charge is -2.35. The third-order valence-corrected chi connectivity index (χ3v) is 16.3. The third kappa shape index (κ3) is 9.24. The molecule has 5 atom stereocenters. The van der Waals surface area contributed by atoms with E-state index in [1.54, 1.807) is 0 Å². The van der Waals surface area contributed by atoms with Gasteiger partial charge in [-0.05, 0) is 109 Å². The number of carbonyl (C=O) groups is 3. The predicted octanol–water partition coefficient (Wildman–Crippen LogP) is 8.12. The zero-order valence-electron chi connectivity index (χ0n) is 39.4. The Labute approximate surface area is 395 Å². The zero-order valence-corrected chi connectivity index (χ0v) is 40.3. The lowest BCUT2D eigenvalue weighted by Crippen LogP contribution is -2.54. The number of nitrogens with one attached hydrogen (secondary N) is 4. The molecule has 5 aromatic rings. The molecule has 5 heterocycles. The van der Waals surface area contributed by atoms with Crippen molar-refractivity contribution >= 4 is 40.3 Å². The van der Waals surface area contributed by atoms with Crippen LogP contribution >= 0.6 is 11.3 Å². The molecule has 15 nitrogen and oxygen atoms in total. The number of thiophene rings is 1. The highest BCUT2D eigenvalue weighted by atomic mass is 32.1. The maximum Gasteiger partial charge on any atom is 0.407 e. The van der Waals surface area contributed by atoms with E-state index < -0.39 is 30.5 Å². The fourth-order valence-electron chi connectivity index (χ4n) is 11.3. The van der Waals surface area contributed by atoms with Crippen LogP contribution in [-0.2, 0) is 33.5 Å². The van der Waals surface area contributed by atoms with Crippen molar-refractivity contribution in [3.63, 3.8) is 0 Å². The second kappa shape index (κ2) is 19.2. The second-order valence-electron chi connectivity index (χ2n) is 19.9. The molecule has 2 saturated heterocycles. The van der Waals surface area contributed by atoms with Gasteiger partial charge in [-0.3, -0.25) is 14.5 Å². The van der Waals surface area contributed by atoms with Crippen LogP contribution in [0.2, 0.25) is 0 Å². The summed E-state index contributed by atoms with van der Waals surface area (Å²) in [5.74, 6) is 1.03. The normalized spacial score (nSPS) is 20.5. The number of carbonyl (C=O) groups excluding carboxylic acids is 3. The van der Waals surface area contributed by atoms with Gasteiger partial charge in [0.25, 0.3) is 5.56 Å². The van der Waals surface area contributed by atoms with Gasteiger partial charge in [-0.2, -0.15) is 0 Å². The molecule has 4 aliphatic rings. The Morgan fingerprint density at radius 1 is 0.851 bits per heavy atom. The van der Waals surface area contributed by atoms with Crippen LogP contribution in [0.3, 0.4) is 0 Å². The van der Waals surface area contributed by atoms with Crippen molar-refractivity contribution < 1.29 is 29.0 Å². The van der Waals surface area contributed by atoms with Crippen LogP contribution in [0, 0.1) is 17.3 Å². The number of likely N-dealkylation sites (tertiary alicyclic amines) is 2. The van der Waals surface area contributed by atoms with E-state index in [1.807, 2.05) is 67.2 Å². The van der Waals surface area contributed by atoms with Crippen LogP contribution in [0.5, 0.6) is 0 Å². The highest BCUT2D eigenvalue weighted by molar-refractivity contribution is 7.19. The molecule has 2 aliphatic heterocycles. The summed E-state index contributed by atoms with van der Waals surface area (Å²) in [6.07, 6.45) is 10.6. The van der Waals surface area contributed by atoms with Crippen molar-refractivity contribution in [2.45, 2.75) is 129 Å². The van der Waals surface area contributed by atoms with Crippen LogP contribution in [0.25, 0.3) is 43.0 Å². The number of imidazole rings is 1. The Bertz CT molecular complexity index is 2680. The molecule has 356 valence electrons. The van der Waals surface area contributed by atoms with Crippen molar-refractivity contribution in [3.05, 3.63) is 81.8 Å². The average Bonchev–Trinajstić information content (AvgIpc) is 4.19. The first-order chi connectivity index (χ1) is 32.3. The maximum atomic E-state index is 13.9. The number of nitrogens with zero attached hydrogens (tertiary/aromatic N) is 4. The minimum Gasteiger partial charge on any atom is -0.453 e. The van der Waals surface area contributed by atoms with Gasteiger partial charge in [-0.15, -0.1) is 11.3 Å². The number of H-pyrrole nitrogens is 2. The number of fused-ring (bicyclic) bond motifs is 2. The molecule has 0 radical (unpaired) electrons. The molecule has 3 fully saturated rings. The first kappa shape index (κ1) is 46.5. The number of methoxy groups -OCH3 is 2. The Morgan fingerprint density at radius 3 is 2.19 bits per heavy atom. The van der Waals surface area contributed by atoms with E-state index in [-0.39, 0.29) is 40.8 Å².